The van der Waals surface area contributed by atoms with Crippen LogP contribution in [-0.2, 0) is 4.79 Å². The molecule has 1 amide bonds. The van der Waals surface area contributed by atoms with Crippen molar-refractivity contribution in [3.8, 4) is 22.7 Å². The van der Waals surface area contributed by atoms with Crippen LogP contribution in [0.3, 0.4) is 0 Å². The summed E-state index contributed by atoms with van der Waals surface area (Å²) in [6.45, 7) is 2.66. The lowest BCUT2D eigenvalue weighted by molar-refractivity contribution is -0.113. The quantitative estimate of drug-likeness (QED) is 0.408. The number of methoxy groups -OCH3 is 1. The second kappa shape index (κ2) is 9.90. The van der Waals surface area contributed by atoms with Gasteiger partial charge in [-0.3, -0.25) is 9.69 Å². The van der Waals surface area contributed by atoms with Crippen LogP contribution in [0.4, 0.5) is 11.6 Å². The van der Waals surface area contributed by atoms with E-state index in [1.165, 1.54) is 11.2 Å². The molecule has 10 nitrogen and oxygen atoms in total. The van der Waals surface area contributed by atoms with E-state index >= 15 is 0 Å². The van der Waals surface area contributed by atoms with Crippen molar-refractivity contribution in [1.29, 1.82) is 0 Å². The average Bonchev–Trinajstić information content (AvgIpc) is 3.24. The number of nitrogens with two attached hydrogens (primary N) is 1. The van der Waals surface area contributed by atoms with E-state index in [0.717, 1.165) is 16.9 Å². The van der Waals surface area contributed by atoms with Gasteiger partial charge in [0, 0.05) is 25.2 Å². The molecule has 0 unspecified atom stereocenters. The van der Waals surface area contributed by atoms with Crippen molar-refractivity contribution in [2.24, 2.45) is 0 Å². The first-order chi connectivity index (χ1) is 16.8. The van der Waals surface area contributed by atoms with Crippen molar-refractivity contribution in [3.05, 3.63) is 60.6 Å². The number of aryl methyl sites for hydroxylation is 1. The molecule has 0 atom stereocenters. The van der Waals surface area contributed by atoms with Crippen molar-refractivity contribution in [2.75, 3.05) is 45.4 Å². The number of pyridine rings is 1. The summed E-state index contributed by atoms with van der Waals surface area (Å²) in [5, 5.41) is 5.44. The van der Waals surface area contributed by atoms with Gasteiger partial charge in [-0.2, -0.15) is 5.10 Å². The minimum absolute atomic E-state index is 0.159. The van der Waals surface area contributed by atoms with Crippen LogP contribution in [0.15, 0.2) is 55.0 Å². The Morgan fingerprint density at radius 3 is 2.63 bits per heavy atom. The van der Waals surface area contributed by atoms with Gasteiger partial charge in [0.15, 0.2) is 5.65 Å². The molecule has 4 rings (SSSR count). The third-order valence-corrected chi connectivity index (χ3v) is 5.56. The average molecular weight is 473 g/mol. The smallest absolute Gasteiger partial charge is 0.251 e. The summed E-state index contributed by atoms with van der Waals surface area (Å²) in [5.74, 6) is 1.43. The molecule has 0 aliphatic carbocycles. The van der Waals surface area contributed by atoms with E-state index in [-0.39, 0.29) is 5.91 Å². The highest BCUT2D eigenvalue weighted by Crippen LogP contribution is 2.34. The molecule has 180 valence electrons. The van der Waals surface area contributed by atoms with Crippen molar-refractivity contribution in [2.45, 2.75) is 6.92 Å². The van der Waals surface area contributed by atoms with Crippen molar-refractivity contribution >= 4 is 28.6 Å². The standard InChI is InChI=1S/C25H28N8O2/c1-16-8-9-17(13-19(16)35-5)23-22-24(26)28-15-29-25(22)33(30-23)18-10-11-20(27-14-18)32(4)21(34)7-6-12-31(2)3/h6-11,13-15H,12H2,1-5H3,(H2,26,28,29)/b7-6+. The van der Waals surface area contributed by atoms with Gasteiger partial charge in [-0.25, -0.2) is 19.6 Å². The first-order valence-electron chi connectivity index (χ1n) is 11.0. The number of anilines is 2. The summed E-state index contributed by atoms with van der Waals surface area (Å²) in [4.78, 5) is 29.0. The molecule has 0 aliphatic heterocycles. The van der Waals surface area contributed by atoms with Crippen molar-refractivity contribution < 1.29 is 9.53 Å². The van der Waals surface area contributed by atoms with Crippen LogP contribution in [-0.4, -0.2) is 70.3 Å². The van der Waals surface area contributed by atoms with E-state index < -0.39 is 0 Å². The van der Waals surface area contributed by atoms with Crippen LogP contribution in [0.25, 0.3) is 28.0 Å². The molecule has 0 spiro atoms. The van der Waals surface area contributed by atoms with Gasteiger partial charge >= 0.3 is 0 Å². The molecule has 2 N–H and O–H groups in total. The highest BCUT2D eigenvalue weighted by Gasteiger charge is 2.19. The van der Waals surface area contributed by atoms with E-state index in [0.29, 0.717) is 40.6 Å². The van der Waals surface area contributed by atoms with Crippen molar-refractivity contribution in [3.63, 3.8) is 0 Å². The number of carbonyl (C=O) groups excluding carboxylic acids is 1. The predicted molar refractivity (Wildman–Crippen MR) is 137 cm³/mol. The first kappa shape index (κ1) is 23.8. The number of carbonyl (C=O) groups is 1. The minimum atomic E-state index is -0.159. The van der Waals surface area contributed by atoms with Gasteiger partial charge in [0.05, 0.1) is 24.4 Å². The highest BCUT2D eigenvalue weighted by atomic mass is 16.5. The zero-order valence-corrected chi connectivity index (χ0v) is 20.4. The number of nitrogen functional groups attached to an aromatic ring is 1. The molecule has 1 aromatic carbocycles. The maximum Gasteiger partial charge on any atom is 0.251 e. The lowest BCUT2D eigenvalue weighted by atomic mass is 10.1. The summed E-state index contributed by atoms with van der Waals surface area (Å²) in [5.41, 5.74) is 9.94. The number of rotatable bonds is 7. The largest absolute Gasteiger partial charge is 0.496 e. The molecule has 35 heavy (non-hydrogen) atoms. The van der Waals surface area contributed by atoms with E-state index in [1.54, 1.807) is 37.2 Å². The fraction of sp³-hybridized carbons (Fsp3) is 0.240. The van der Waals surface area contributed by atoms with Gasteiger partial charge in [-0.1, -0.05) is 18.2 Å². The van der Waals surface area contributed by atoms with Gasteiger partial charge < -0.3 is 15.4 Å². The van der Waals surface area contributed by atoms with Gasteiger partial charge in [-0.05, 0) is 44.8 Å². The first-order valence-corrected chi connectivity index (χ1v) is 11.0. The Balaban J connectivity index is 1.71. The number of hydrogen-bond donors (Lipinski definition) is 1. The second-order valence-electron chi connectivity index (χ2n) is 8.34. The number of fused-ring (bicyclic) bond motifs is 1. The van der Waals surface area contributed by atoms with E-state index in [9.17, 15) is 4.79 Å². The summed E-state index contributed by atoms with van der Waals surface area (Å²) >= 11 is 0. The van der Waals surface area contributed by atoms with Gasteiger partial charge in [0.2, 0.25) is 0 Å². The SMILES string of the molecule is COc1cc(-c2nn(-c3ccc(N(C)C(=O)/C=C/CN(C)C)nc3)c3ncnc(N)c23)ccc1C. The molecule has 0 bridgehead atoms. The summed E-state index contributed by atoms with van der Waals surface area (Å²) in [6, 6.07) is 9.44. The molecule has 0 radical (unpaired) electrons. The van der Waals surface area contributed by atoms with Crippen LogP contribution >= 0.6 is 0 Å². The Kier molecular flexibility index (Phi) is 6.74. The Labute approximate surface area is 203 Å². The van der Waals surface area contributed by atoms with Gasteiger partial charge in [0.1, 0.15) is 29.4 Å². The topological polar surface area (TPSA) is 115 Å². The third-order valence-electron chi connectivity index (χ3n) is 5.56. The van der Waals surface area contributed by atoms with Crippen molar-refractivity contribution in [1.82, 2.24) is 29.6 Å². The lowest BCUT2D eigenvalue weighted by Gasteiger charge is -2.14. The Morgan fingerprint density at radius 2 is 1.94 bits per heavy atom. The predicted octanol–water partition coefficient (Wildman–Crippen LogP) is 2.86. The molecule has 0 saturated heterocycles. The zero-order chi connectivity index (χ0) is 25.1. The number of nitrogens with zero attached hydrogens (tertiary/aromatic N) is 7. The summed E-state index contributed by atoms with van der Waals surface area (Å²) in [7, 11) is 7.20. The van der Waals surface area contributed by atoms with Crippen LogP contribution in [0.1, 0.15) is 5.56 Å². The Hall–Kier alpha value is -4.31. The minimum Gasteiger partial charge on any atom is -0.496 e. The lowest BCUT2D eigenvalue weighted by Crippen LogP contribution is -2.25. The molecular weight excluding hydrogens is 444 g/mol. The monoisotopic (exact) mass is 472 g/mol. The third kappa shape index (κ3) is 4.82. The molecule has 10 heteroatoms. The fourth-order valence-corrected chi connectivity index (χ4v) is 3.61. The second-order valence-corrected chi connectivity index (χ2v) is 8.34. The van der Waals surface area contributed by atoms with Crippen LogP contribution in [0.2, 0.25) is 0 Å². The fourth-order valence-electron chi connectivity index (χ4n) is 3.61. The van der Waals surface area contributed by atoms with Gasteiger partial charge in [0.25, 0.3) is 5.91 Å². The van der Waals surface area contributed by atoms with E-state index in [2.05, 4.69) is 15.0 Å². The highest BCUT2D eigenvalue weighted by molar-refractivity contribution is 6.00. The van der Waals surface area contributed by atoms with Crippen LogP contribution < -0.4 is 15.4 Å². The number of hydrogen-bond acceptors (Lipinski definition) is 8. The number of benzene rings is 1. The molecular formula is C25H28N8O2. The number of ether oxygens (including phenoxy) is 1. The number of likely N-dealkylation sites (N-methyl/N-ethyl adjacent to an activating group) is 2. The number of aromatic nitrogens is 5. The molecule has 0 fully saturated rings. The normalized spacial score (nSPS) is 11.5. The Morgan fingerprint density at radius 1 is 1.14 bits per heavy atom. The molecule has 0 aliphatic rings. The molecule has 3 aromatic heterocycles. The molecule has 0 saturated carbocycles. The van der Waals surface area contributed by atoms with E-state index in [1.807, 2.05) is 56.3 Å². The molecule has 4 aromatic rings. The molecule has 3 heterocycles. The van der Waals surface area contributed by atoms with Crippen LogP contribution in [0.5, 0.6) is 5.75 Å². The summed E-state index contributed by atoms with van der Waals surface area (Å²) in [6.07, 6.45) is 6.41. The Bertz CT molecular complexity index is 1390. The van der Waals surface area contributed by atoms with Crippen LogP contribution in [0, 0.1) is 6.92 Å². The zero-order valence-electron chi connectivity index (χ0n) is 20.4. The summed E-state index contributed by atoms with van der Waals surface area (Å²) < 4.78 is 7.16. The van der Waals surface area contributed by atoms with E-state index in [4.69, 9.17) is 15.6 Å². The maximum absolute atomic E-state index is 12.5. The number of amides is 1. The van der Waals surface area contributed by atoms with Gasteiger partial charge in [-0.15, -0.1) is 0 Å². The maximum atomic E-state index is 12.5.